The zero-order valence-electron chi connectivity index (χ0n) is 11.3. The Bertz CT molecular complexity index is 584. The van der Waals surface area contributed by atoms with Gasteiger partial charge in [-0.25, -0.2) is 0 Å². The number of benzene rings is 2. The van der Waals surface area contributed by atoms with Gasteiger partial charge < -0.3 is 10.6 Å². The van der Waals surface area contributed by atoms with Crippen LogP contribution in [0.5, 0.6) is 0 Å². The Morgan fingerprint density at radius 2 is 1.90 bits per heavy atom. The summed E-state index contributed by atoms with van der Waals surface area (Å²) in [5.74, 6) is -0.0257. The van der Waals surface area contributed by atoms with Crippen molar-refractivity contribution in [2.45, 2.75) is 13.5 Å². The lowest BCUT2D eigenvalue weighted by molar-refractivity contribution is -0.119. The normalized spacial score (nSPS) is 10.1. The number of nitrogens with one attached hydrogen (secondary N) is 2. The van der Waals surface area contributed by atoms with E-state index < -0.39 is 0 Å². The molecular formula is C16H17BrN2O. The van der Waals surface area contributed by atoms with E-state index in [1.54, 1.807) is 0 Å². The van der Waals surface area contributed by atoms with Gasteiger partial charge in [-0.3, -0.25) is 4.79 Å². The lowest BCUT2D eigenvalue weighted by Gasteiger charge is -2.10. The lowest BCUT2D eigenvalue weighted by atomic mass is 10.2. The minimum atomic E-state index is -0.0257. The van der Waals surface area contributed by atoms with Crippen molar-refractivity contribution in [3.8, 4) is 0 Å². The number of aryl methyl sites for hydroxylation is 1. The molecule has 0 atom stereocenters. The number of hydrogen-bond acceptors (Lipinski definition) is 2. The average Bonchev–Trinajstić information content (AvgIpc) is 2.47. The molecule has 2 rings (SSSR count). The summed E-state index contributed by atoms with van der Waals surface area (Å²) < 4.78 is 0.957. The van der Waals surface area contributed by atoms with Gasteiger partial charge in [0.05, 0.1) is 6.54 Å². The highest BCUT2D eigenvalue weighted by molar-refractivity contribution is 9.10. The van der Waals surface area contributed by atoms with Gasteiger partial charge in [0, 0.05) is 16.7 Å². The number of carbonyl (C=O) groups excluding carboxylic acids is 1. The SMILES string of the molecule is Cc1ccc(Br)c(NCC(=O)NCc2ccccc2)c1. The van der Waals surface area contributed by atoms with Crippen molar-refractivity contribution in [1.82, 2.24) is 5.32 Å². The van der Waals surface area contributed by atoms with Crippen LogP contribution in [0.2, 0.25) is 0 Å². The molecule has 0 spiro atoms. The minimum Gasteiger partial charge on any atom is -0.375 e. The second-order valence-electron chi connectivity index (χ2n) is 4.60. The molecule has 20 heavy (non-hydrogen) atoms. The van der Waals surface area contributed by atoms with Crippen LogP contribution in [0.25, 0.3) is 0 Å². The molecule has 4 heteroatoms. The average molecular weight is 333 g/mol. The van der Waals surface area contributed by atoms with Crippen molar-refractivity contribution in [3.05, 3.63) is 64.1 Å². The van der Waals surface area contributed by atoms with Crippen LogP contribution >= 0.6 is 15.9 Å². The fourth-order valence-corrected chi connectivity index (χ4v) is 2.20. The van der Waals surface area contributed by atoms with Crippen molar-refractivity contribution < 1.29 is 4.79 Å². The summed E-state index contributed by atoms with van der Waals surface area (Å²) in [5, 5.41) is 6.02. The van der Waals surface area contributed by atoms with Gasteiger partial charge in [-0.2, -0.15) is 0 Å². The molecule has 0 saturated heterocycles. The van der Waals surface area contributed by atoms with Gasteiger partial charge >= 0.3 is 0 Å². The molecule has 0 heterocycles. The van der Waals surface area contributed by atoms with Gasteiger partial charge in [0.25, 0.3) is 0 Å². The summed E-state index contributed by atoms with van der Waals surface area (Å²) in [7, 11) is 0. The van der Waals surface area contributed by atoms with Crippen molar-refractivity contribution in [2.24, 2.45) is 0 Å². The summed E-state index contributed by atoms with van der Waals surface area (Å²) in [4.78, 5) is 11.8. The van der Waals surface area contributed by atoms with E-state index in [2.05, 4.69) is 26.6 Å². The Hall–Kier alpha value is -1.81. The molecule has 0 bridgehead atoms. The maximum atomic E-state index is 11.8. The zero-order chi connectivity index (χ0) is 14.4. The van der Waals surface area contributed by atoms with E-state index in [0.717, 1.165) is 21.3 Å². The van der Waals surface area contributed by atoms with Gasteiger partial charge in [-0.1, -0.05) is 36.4 Å². The molecule has 2 aromatic rings. The first-order valence-corrected chi connectivity index (χ1v) is 7.25. The largest absolute Gasteiger partial charge is 0.375 e. The van der Waals surface area contributed by atoms with E-state index in [4.69, 9.17) is 0 Å². The zero-order valence-corrected chi connectivity index (χ0v) is 12.9. The number of rotatable bonds is 5. The molecule has 0 aromatic heterocycles. The summed E-state index contributed by atoms with van der Waals surface area (Å²) >= 11 is 3.46. The molecule has 0 aliphatic carbocycles. The molecule has 0 aliphatic heterocycles. The van der Waals surface area contributed by atoms with E-state index in [-0.39, 0.29) is 12.5 Å². The van der Waals surface area contributed by atoms with Crippen LogP contribution in [-0.4, -0.2) is 12.5 Å². The van der Waals surface area contributed by atoms with Gasteiger partial charge in [0.1, 0.15) is 0 Å². The molecular weight excluding hydrogens is 316 g/mol. The Morgan fingerprint density at radius 1 is 1.15 bits per heavy atom. The third-order valence-electron chi connectivity index (χ3n) is 2.89. The van der Waals surface area contributed by atoms with Crippen LogP contribution in [0, 0.1) is 6.92 Å². The van der Waals surface area contributed by atoms with Gasteiger partial charge in [0.15, 0.2) is 0 Å². The Labute approximate surface area is 127 Å². The predicted molar refractivity (Wildman–Crippen MR) is 85.7 cm³/mol. The third-order valence-corrected chi connectivity index (χ3v) is 3.59. The molecule has 1 amide bonds. The molecule has 3 nitrogen and oxygen atoms in total. The van der Waals surface area contributed by atoms with Gasteiger partial charge in [0.2, 0.25) is 5.91 Å². The molecule has 104 valence electrons. The first-order valence-electron chi connectivity index (χ1n) is 6.46. The van der Waals surface area contributed by atoms with E-state index in [1.165, 1.54) is 0 Å². The molecule has 0 aliphatic rings. The van der Waals surface area contributed by atoms with Crippen LogP contribution < -0.4 is 10.6 Å². The Kier molecular flexibility index (Phi) is 5.18. The quantitative estimate of drug-likeness (QED) is 0.879. The second kappa shape index (κ2) is 7.10. The Balaban J connectivity index is 1.82. The highest BCUT2D eigenvalue weighted by atomic mass is 79.9. The summed E-state index contributed by atoms with van der Waals surface area (Å²) in [6.07, 6.45) is 0. The van der Waals surface area contributed by atoms with Crippen molar-refractivity contribution in [2.75, 3.05) is 11.9 Å². The fraction of sp³-hybridized carbons (Fsp3) is 0.188. The monoisotopic (exact) mass is 332 g/mol. The molecule has 2 N–H and O–H groups in total. The van der Waals surface area contributed by atoms with Crippen LogP contribution in [0.1, 0.15) is 11.1 Å². The number of anilines is 1. The van der Waals surface area contributed by atoms with Crippen LogP contribution in [0.4, 0.5) is 5.69 Å². The summed E-state index contributed by atoms with van der Waals surface area (Å²) in [6, 6.07) is 15.9. The van der Waals surface area contributed by atoms with Gasteiger partial charge in [-0.05, 0) is 46.1 Å². The van der Waals surface area contributed by atoms with Crippen molar-refractivity contribution in [1.29, 1.82) is 0 Å². The standard InChI is InChI=1S/C16H17BrN2O/c1-12-7-8-14(17)15(9-12)18-11-16(20)19-10-13-5-3-2-4-6-13/h2-9,18H,10-11H2,1H3,(H,19,20). The molecule has 0 fully saturated rings. The highest BCUT2D eigenvalue weighted by Gasteiger charge is 2.04. The topological polar surface area (TPSA) is 41.1 Å². The van der Waals surface area contributed by atoms with Crippen LogP contribution in [-0.2, 0) is 11.3 Å². The lowest BCUT2D eigenvalue weighted by Crippen LogP contribution is -2.29. The highest BCUT2D eigenvalue weighted by Crippen LogP contribution is 2.22. The predicted octanol–water partition coefficient (Wildman–Crippen LogP) is 3.49. The maximum absolute atomic E-state index is 11.8. The molecule has 2 aromatic carbocycles. The number of carbonyl (C=O) groups is 1. The third kappa shape index (κ3) is 4.38. The molecule has 0 saturated carbocycles. The van der Waals surface area contributed by atoms with E-state index >= 15 is 0 Å². The first-order chi connectivity index (χ1) is 9.65. The molecule has 0 unspecified atom stereocenters. The maximum Gasteiger partial charge on any atom is 0.239 e. The van der Waals surface area contributed by atoms with Crippen molar-refractivity contribution in [3.63, 3.8) is 0 Å². The molecule has 0 radical (unpaired) electrons. The van der Waals surface area contributed by atoms with E-state index in [0.29, 0.717) is 6.54 Å². The first kappa shape index (κ1) is 14.6. The van der Waals surface area contributed by atoms with Gasteiger partial charge in [-0.15, -0.1) is 0 Å². The van der Waals surface area contributed by atoms with E-state index in [9.17, 15) is 4.79 Å². The number of halogens is 1. The van der Waals surface area contributed by atoms with Crippen LogP contribution in [0.3, 0.4) is 0 Å². The van der Waals surface area contributed by atoms with Crippen molar-refractivity contribution >= 4 is 27.5 Å². The second-order valence-corrected chi connectivity index (χ2v) is 5.45. The number of hydrogen-bond donors (Lipinski definition) is 2. The minimum absolute atomic E-state index is 0.0257. The summed E-state index contributed by atoms with van der Waals surface area (Å²) in [5.41, 5.74) is 3.18. The Morgan fingerprint density at radius 3 is 2.65 bits per heavy atom. The fourth-order valence-electron chi connectivity index (χ4n) is 1.81. The van der Waals surface area contributed by atoms with Crippen LogP contribution in [0.15, 0.2) is 53.0 Å². The van der Waals surface area contributed by atoms with E-state index in [1.807, 2.05) is 55.5 Å². The smallest absolute Gasteiger partial charge is 0.239 e. The summed E-state index contributed by atoms with van der Waals surface area (Å²) in [6.45, 7) is 2.83. The number of amides is 1.